The number of aliphatic carboxylic acids is 1. The largest absolute Gasteiger partial charge is 0.481 e. The lowest BCUT2D eigenvalue weighted by Crippen LogP contribution is -2.38. The molecule has 1 aliphatic heterocycles. The molecule has 0 amide bonds. The summed E-state index contributed by atoms with van der Waals surface area (Å²) in [6.07, 6.45) is 1.31. The van der Waals surface area contributed by atoms with E-state index in [0.29, 0.717) is 18.4 Å². The Kier molecular flexibility index (Phi) is 5.58. The van der Waals surface area contributed by atoms with E-state index in [0.717, 1.165) is 0 Å². The highest BCUT2D eigenvalue weighted by molar-refractivity contribution is 5.75. The molecule has 5 atom stereocenters. The minimum absolute atomic E-state index is 0.00721. The van der Waals surface area contributed by atoms with Crippen LogP contribution in [0, 0.1) is 11.7 Å². The van der Waals surface area contributed by atoms with Crippen molar-refractivity contribution >= 4 is 5.97 Å². The zero-order chi connectivity index (χ0) is 17.0. The number of benzene rings is 1. The van der Waals surface area contributed by atoms with Gasteiger partial charge in [-0.1, -0.05) is 17.2 Å². The fraction of sp³-hybridized carbons (Fsp3) is 0.562. The third kappa shape index (κ3) is 4.21. The topological polar surface area (TPSA) is 95.3 Å². The second-order valence-corrected chi connectivity index (χ2v) is 6.05. The molecule has 1 fully saturated rings. The van der Waals surface area contributed by atoms with E-state index in [4.69, 9.17) is 10.3 Å². The number of rotatable bonds is 5. The van der Waals surface area contributed by atoms with Crippen molar-refractivity contribution in [2.75, 3.05) is 0 Å². The molecule has 1 aliphatic rings. The maximum atomic E-state index is 13.2. The van der Waals surface area contributed by atoms with Gasteiger partial charge in [0, 0.05) is 10.8 Å². The van der Waals surface area contributed by atoms with E-state index in [-0.39, 0.29) is 18.1 Å². The molecule has 0 bridgehead atoms. The standard InChI is InChI=1S/C16H20FN3O3/c1-9-7-12(8-10(2)23-9)14(15(16(21)22)19-20-18)11-3-5-13(17)6-4-11/h3-6,9-10,12,14-15H,7-8H2,1-2H3,(H,21,22)/t9-,10+,12+,14-,15-/m0/s1. The molecule has 6 nitrogen and oxygen atoms in total. The highest BCUT2D eigenvalue weighted by atomic mass is 19.1. The first-order valence-corrected chi connectivity index (χ1v) is 7.60. The second-order valence-electron chi connectivity index (χ2n) is 6.05. The van der Waals surface area contributed by atoms with Gasteiger partial charge in [-0.3, -0.25) is 4.79 Å². The number of carbonyl (C=O) groups is 1. The average molecular weight is 321 g/mol. The van der Waals surface area contributed by atoms with Gasteiger partial charge in [0.25, 0.3) is 0 Å². The molecule has 1 heterocycles. The SMILES string of the molecule is C[C@@H]1C[C@H]([C@H](c2ccc(F)cc2)[C@H](N=[N+]=[N-])C(=O)O)C[C@H](C)O1. The smallest absolute Gasteiger partial charge is 0.313 e. The van der Waals surface area contributed by atoms with Crippen LogP contribution in [0.2, 0.25) is 0 Å². The van der Waals surface area contributed by atoms with Crippen LogP contribution in [0.3, 0.4) is 0 Å². The molecule has 0 unspecified atom stereocenters. The number of azide groups is 1. The van der Waals surface area contributed by atoms with Gasteiger partial charge in [-0.25, -0.2) is 4.39 Å². The first-order chi connectivity index (χ1) is 10.9. The molecule has 2 rings (SSSR count). The van der Waals surface area contributed by atoms with Gasteiger partial charge in [0.05, 0.1) is 12.2 Å². The third-order valence-corrected chi connectivity index (χ3v) is 4.27. The summed E-state index contributed by atoms with van der Waals surface area (Å²) in [5.41, 5.74) is 9.40. The monoisotopic (exact) mass is 321 g/mol. The van der Waals surface area contributed by atoms with Crippen molar-refractivity contribution < 1.29 is 19.0 Å². The highest BCUT2D eigenvalue weighted by Gasteiger charge is 2.38. The Balaban J connectivity index is 2.43. The van der Waals surface area contributed by atoms with Crippen molar-refractivity contribution in [3.63, 3.8) is 0 Å². The fourth-order valence-corrected chi connectivity index (χ4v) is 3.48. The van der Waals surface area contributed by atoms with Crippen LogP contribution in [-0.4, -0.2) is 29.3 Å². The van der Waals surface area contributed by atoms with E-state index in [1.807, 2.05) is 13.8 Å². The van der Waals surface area contributed by atoms with E-state index in [1.165, 1.54) is 12.1 Å². The van der Waals surface area contributed by atoms with E-state index in [9.17, 15) is 14.3 Å². The first-order valence-electron chi connectivity index (χ1n) is 7.60. The molecule has 1 aromatic rings. The van der Waals surface area contributed by atoms with E-state index in [2.05, 4.69) is 10.0 Å². The lowest BCUT2D eigenvalue weighted by molar-refractivity contribution is -0.140. The van der Waals surface area contributed by atoms with Gasteiger partial charge in [-0.15, -0.1) is 0 Å². The molecule has 1 saturated heterocycles. The van der Waals surface area contributed by atoms with Gasteiger partial charge >= 0.3 is 5.97 Å². The molecule has 1 N–H and O–H groups in total. The Hall–Kier alpha value is -2.11. The Bertz CT molecular complexity index is 589. The van der Waals surface area contributed by atoms with Crippen LogP contribution in [-0.2, 0) is 9.53 Å². The fourth-order valence-electron chi connectivity index (χ4n) is 3.48. The summed E-state index contributed by atoms with van der Waals surface area (Å²) in [4.78, 5) is 14.3. The van der Waals surface area contributed by atoms with Crippen LogP contribution in [0.1, 0.15) is 38.2 Å². The van der Waals surface area contributed by atoms with Crippen molar-refractivity contribution in [1.29, 1.82) is 0 Å². The number of carboxylic acids is 1. The van der Waals surface area contributed by atoms with Crippen LogP contribution in [0.4, 0.5) is 4.39 Å². The van der Waals surface area contributed by atoms with Crippen LogP contribution in [0.5, 0.6) is 0 Å². The molecule has 0 aliphatic carbocycles. The quantitative estimate of drug-likeness (QED) is 0.506. The van der Waals surface area contributed by atoms with Crippen molar-refractivity contribution in [3.8, 4) is 0 Å². The summed E-state index contributed by atoms with van der Waals surface area (Å²) < 4.78 is 18.9. The third-order valence-electron chi connectivity index (χ3n) is 4.27. The normalized spacial score (nSPS) is 26.8. The summed E-state index contributed by atoms with van der Waals surface area (Å²) in [5, 5.41) is 13.0. The summed E-state index contributed by atoms with van der Waals surface area (Å²) in [7, 11) is 0. The van der Waals surface area contributed by atoms with Gasteiger partial charge < -0.3 is 9.84 Å². The van der Waals surface area contributed by atoms with Gasteiger partial charge in [0.2, 0.25) is 0 Å². The zero-order valence-electron chi connectivity index (χ0n) is 13.1. The zero-order valence-corrected chi connectivity index (χ0v) is 13.1. The van der Waals surface area contributed by atoms with Crippen molar-refractivity contribution in [2.45, 2.75) is 50.9 Å². The van der Waals surface area contributed by atoms with Crippen molar-refractivity contribution in [2.24, 2.45) is 11.0 Å². The van der Waals surface area contributed by atoms with Gasteiger partial charge in [-0.2, -0.15) is 0 Å². The summed E-state index contributed by atoms with van der Waals surface area (Å²) in [6, 6.07) is 4.49. The molecule has 0 aromatic heterocycles. The molecule has 0 radical (unpaired) electrons. The lowest BCUT2D eigenvalue weighted by atomic mass is 9.74. The summed E-state index contributed by atoms with van der Waals surface area (Å²) in [6.45, 7) is 3.88. The van der Waals surface area contributed by atoms with Crippen molar-refractivity contribution in [1.82, 2.24) is 0 Å². The van der Waals surface area contributed by atoms with E-state index < -0.39 is 23.7 Å². The maximum absolute atomic E-state index is 13.2. The maximum Gasteiger partial charge on any atom is 0.313 e. The summed E-state index contributed by atoms with van der Waals surface area (Å²) >= 11 is 0. The Morgan fingerprint density at radius 1 is 1.35 bits per heavy atom. The molecular formula is C16H20FN3O3. The number of halogens is 1. The number of hydrogen-bond donors (Lipinski definition) is 1. The average Bonchev–Trinajstić information content (AvgIpc) is 2.47. The minimum atomic E-state index is -1.23. The van der Waals surface area contributed by atoms with Crippen molar-refractivity contribution in [3.05, 3.63) is 46.1 Å². The predicted molar refractivity (Wildman–Crippen MR) is 82.4 cm³/mol. The number of hydrogen-bond acceptors (Lipinski definition) is 3. The number of ether oxygens (including phenoxy) is 1. The molecule has 124 valence electrons. The number of nitrogens with zero attached hydrogens (tertiary/aromatic N) is 3. The van der Waals surface area contributed by atoms with E-state index in [1.54, 1.807) is 12.1 Å². The highest BCUT2D eigenvalue weighted by Crippen LogP contribution is 2.39. The second kappa shape index (κ2) is 7.44. The lowest BCUT2D eigenvalue weighted by Gasteiger charge is -2.38. The molecule has 1 aromatic carbocycles. The molecular weight excluding hydrogens is 301 g/mol. The predicted octanol–water partition coefficient (Wildman–Crippen LogP) is 3.88. The van der Waals surface area contributed by atoms with Crippen LogP contribution < -0.4 is 0 Å². The Morgan fingerprint density at radius 3 is 2.39 bits per heavy atom. The van der Waals surface area contributed by atoms with E-state index >= 15 is 0 Å². The van der Waals surface area contributed by atoms with Crippen LogP contribution >= 0.6 is 0 Å². The summed E-state index contributed by atoms with van der Waals surface area (Å²) in [5.74, 6) is -2.11. The number of carboxylic acid groups (broad SMARTS) is 1. The Labute approximate surface area is 133 Å². The molecule has 23 heavy (non-hydrogen) atoms. The molecule has 7 heteroatoms. The first kappa shape index (κ1) is 17.2. The van der Waals surface area contributed by atoms with Gasteiger partial charge in [0.15, 0.2) is 0 Å². The van der Waals surface area contributed by atoms with Crippen LogP contribution in [0.25, 0.3) is 10.4 Å². The molecule has 0 saturated carbocycles. The van der Waals surface area contributed by atoms with Gasteiger partial charge in [0.1, 0.15) is 11.9 Å². The molecule has 0 spiro atoms. The van der Waals surface area contributed by atoms with Gasteiger partial charge in [-0.05, 0) is 55.8 Å². The van der Waals surface area contributed by atoms with Crippen LogP contribution in [0.15, 0.2) is 29.4 Å². The minimum Gasteiger partial charge on any atom is -0.481 e. The Morgan fingerprint density at radius 2 is 1.91 bits per heavy atom.